The number of nitrogens with one attached hydrogen (secondary N) is 1. The Kier molecular flexibility index (Phi) is 7.58. The molecule has 3 aliphatic heterocycles. The number of rotatable bonds is 7. The summed E-state index contributed by atoms with van der Waals surface area (Å²) < 4.78 is 23.9. The van der Waals surface area contributed by atoms with E-state index in [1.165, 1.54) is 0 Å². The number of hydrogen-bond acceptors (Lipinski definition) is 7. The number of anilines is 1. The number of piperidine rings is 1. The van der Waals surface area contributed by atoms with Gasteiger partial charge >= 0.3 is 0 Å². The summed E-state index contributed by atoms with van der Waals surface area (Å²) in [6.07, 6.45) is 4.88. The summed E-state index contributed by atoms with van der Waals surface area (Å²) in [6, 6.07) is 15.3. The number of pyridine rings is 1. The van der Waals surface area contributed by atoms with E-state index in [-0.39, 0.29) is 29.1 Å². The van der Waals surface area contributed by atoms with Crippen LogP contribution >= 0.6 is 0 Å². The zero-order valence-electron chi connectivity index (χ0n) is 25.8. The average molecular weight is 608 g/mol. The van der Waals surface area contributed by atoms with E-state index in [1.54, 1.807) is 24.1 Å². The summed E-state index contributed by atoms with van der Waals surface area (Å²) >= 11 is 0. The van der Waals surface area contributed by atoms with Crippen molar-refractivity contribution in [1.29, 1.82) is 5.26 Å². The highest BCUT2D eigenvalue weighted by molar-refractivity contribution is 6.14. The van der Waals surface area contributed by atoms with Crippen molar-refractivity contribution in [3.05, 3.63) is 59.4 Å². The normalized spacial score (nSPS) is 21.6. The molecule has 0 bridgehead atoms. The minimum Gasteiger partial charge on any atom is -0.508 e. The van der Waals surface area contributed by atoms with E-state index in [4.69, 9.17) is 9.72 Å². The molecule has 7 rings (SSSR count). The van der Waals surface area contributed by atoms with Crippen molar-refractivity contribution in [3.63, 3.8) is 0 Å². The molecule has 2 saturated heterocycles. The van der Waals surface area contributed by atoms with Crippen molar-refractivity contribution in [2.24, 2.45) is 0 Å². The quantitative estimate of drug-likeness (QED) is 0.256. The van der Waals surface area contributed by atoms with Gasteiger partial charge in [-0.3, -0.25) is 4.79 Å². The fourth-order valence-electron chi connectivity index (χ4n) is 7.82. The second-order valence-electron chi connectivity index (χ2n) is 12.8. The lowest BCUT2D eigenvalue weighted by Gasteiger charge is -2.33. The van der Waals surface area contributed by atoms with E-state index in [0.29, 0.717) is 61.0 Å². The molecule has 8 nitrogen and oxygen atoms in total. The molecule has 4 heterocycles. The highest BCUT2D eigenvalue weighted by atomic mass is 19.1. The number of fused-ring (bicyclic) bond motifs is 5. The summed E-state index contributed by atoms with van der Waals surface area (Å²) in [5, 5.41) is 25.7. The van der Waals surface area contributed by atoms with Gasteiger partial charge in [0, 0.05) is 42.6 Å². The second kappa shape index (κ2) is 11.6. The zero-order valence-corrected chi connectivity index (χ0v) is 25.8. The van der Waals surface area contributed by atoms with Crippen molar-refractivity contribution in [2.75, 3.05) is 45.2 Å². The summed E-state index contributed by atoms with van der Waals surface area (Å²) in [5.74, 6) is -0.228. The number of unbranched alkanes of at least 4 members (excludes halogenated alkanes) is 1. The Morgan fingerprint density at radius 2 is 2.04 bits per heavy atom. The van der Waals surface area contributed by atoms with Crippen LogP contribution in [0.15, 0.2) is 42.5 Å². The lowest BCUT2D eigenvalue weighted by molar-refractivity contribution is -0.123. The fourth-order valence-corrected chi connectivity index (χ4v) is 7.82. The molecule has 2 N–H and O–H groups in total. The zero-order chi connectivity index (χ0) is 31.3. The maximum absolute atomic E-state index is 17.4. The predicted molar refractivity (Wildman–Crippen MR) is 173 cm³/mol. The Morgan fingerprint density at radius 1 is 1.20 bits per heavy atom. The van der Waals surface area contributed by atoms with Crippen molar-refractivity contribution in [2.45, 2.75) is 56.4 Å². The van der Waals surface area contributed by atoms with Crippen molar-refractivity contribution < 1.29 is 19.0 Å². The van der Waals surface area contributed by atoms with Crippen LogP contribution in [0.2, 0.25) is 0 Å². The number of likely N-dealkylation sites (tertiary alicyclic amines) is 1. The fraction of sp³-hybridized carbons (Fsp3) is 0.417. The Morgan fingerprint density at radius 3 is 2.80 bits per heavy atom. The average Bonchev–Trinajstić information content (AvgIpc) is 3.55. The lowest BCUT2D eigenvalue weighted by atomic mass is 9.74. The molecular weight excluding hydrogens is 569 g/mol. The molecular formula is C36H38FN5O3. The summed E-state index contributed by atoms with van der Waals surface area (Å²) in [7, 11) is 3.85. The molecule has 3 aromatic carbocycles. The number of carbonyl (C=O) groups excluding carboxylic acids is 1. The second-order valence-corrected chi connectivity index (χ2v) is 12.8. The smallest absolute Gasteiger partial charge is 0.239 e. The molecule has 2 atom stereocenters. The first-order valence-corrected chi connectivity index (χ1v) is 15.9. The first-order chi connectivity index (χ1) is 21.8. The van der Waals surface area contributed by atoms with Crippen molar-refractivity contribution in [1.82, 2.24) is 15.2 Å². The first-order valence-electron chi connectivity index (χ1n) is 15.9. The van der Waals surface area contributed by atoms with Gasteiger partial charge < -0.3 is 25.0 Å². The van der Waals surface area contributed by atoms with Gasteiger partial charge in [-0.15, -0.1) is 0 Å². The minimum atomic E-state index is -0.860. The molecule has 3 aliphatic rings. The molecule has 1 spiro atoms. The number of hydrogen-bond donors (Lipinski definition) is 2. The number of benzene rings is 3. The molecule has 45 heavy (non-hydrogen) atoms. The van der Waals surface area contributed by atoms with Gasteiger partial charge in [0.1, 0.15) is 23.6 Å². The molecule has 0 aliphatic carbocycles. The highest BCUT2D eigenvalue weighted by Gasteiger charge is 2.53. The van der Waals surface area contributed by atoms with Gasteiger partial charge in [-0.05, 0) is 98.8 Å². The van der Waals surface area contributed by atoms with Crippen LogP contribution in [0.5, 0.6) is 11.6 Å². The van der Waals surface area contributed by atoms with E-state index in [1.807, 2.05) is 30.3 Å². The van der Waals surface area contributed by atoms with Crippen LogP contribution in [0, 0.1) is 17.1 Å². The maximum Gasteiger partial charge on any atom is 0.239 e. The number of ether oxygens (including phenoxy) is 1. The maximum atomic E-state index is 17.4. The van der Waals surface area contributed by atoms with Gasteiger partial charge in [0.05, 0.1) is 11.5 Å². The highest BCUT2D eigenvalue weighted by Crippen LogP contribution is 2.53. The molecule has 232 valence electrons. The van der Waals surface area contributed by atoms with Crippen LogP contribution in [0.25, 0.3) is 32.8 Å². The third-order valence-electron chi connectivity index (χ3n) is 10.1. The number of carbonyl (C=O) groups is 1. The Labute approximate surface area is 262 Å². The minimum absolute atomic E-state index is 0.0312. The Bertz CT molecular complexity index is 1860. The van der Waals surface area contributed by atoms with Crippen LogP contribution in [-0.4, -0.2) is 67.3 Å². The van der Waals surface area contributed by atoms with Crippen LogP contribution in [-0.2, 0) is 16.6 Å². The molecule has 4 aromatic rings. The molecule has 9 heteroatoms. The van der Waals surface area contributed by atoms with Gasteiger partial charge in [-0.1, -0.05) is 24.3 Å². The number of phenols is 1. The third-order valence-corrected chi connectivity index (χ3v) is 10.1. The van der Waals surface area contributed by atoms with Crippen LogP contribution in [0.4, 0.5) is 10.1 Å². The molecule has 1 amide bonds. The first kappa shape index (κ1) is 29.5. The van der Waals surface area contributed by atoms with Gasteiger partial charge in [-0.25, -0.2) is 9.37 Å². The molecule has 0 saturated carbocycles. The topological polar surface area (TPSA) is 102 Å². The number of phenolic OH excluding ortho intramolecular Hbond substituents is 1. The molecule has 0 radical (unpaired) electrons. The summed E-state index contributed by atoms with van der Waals surface area (Å²) in [4.78, 5) is 22.9. The SMILES string of the molecule is CN1C(=O)C2(CCCNC2)c2c1c(OC[C@@H]1CCCN1C)nc1c(F)c(-c3cc(O)cc4ccccc34)c(CCCC#N)cc21. The van der Waals surface area contributed by atoms with E-state index < -0.39 is 11.2 Å². The van der Waals surface area contributed by atoms with Gasteiger partial charge in [0.25, 0.3) is 0 Å². The van der Waals surface area contributed by atoms with E-state index >= 15 is 4.39 Å². The number of aryl methyl sites for hydroxylation is 1. The molecule has 1 unspecified atom stereocenters. The monoisotopic (exact) mass is 607 g/mol. The van der Waals surface area contributed by atoms with Crippen LogP contribution in [0.1, 0.15) is 49.7 Å². The Hall–Kier alpha value is -4.26. The number of aromatic hydroxyl groups is 1. The predicted octanol–water partition coefficient (Wildman–Crippen LogP) is 5.82. The van der Waals surface area contributed by atoms with Gasteiger partial charge in [0.2, 0.25) is 11.8 Å². The molecule has 2 fully saturated rings. The van der Waals surface area contributed by atoms with E-state index in [2.05, 4.69) is 23.3 Å². The van der Waals surface area contributed by atoms with Crippen LogP contribution in [0.3, 0.4) is 0 Å². The van der Waals surface area contributed by atoms with Gasteiger partial charge in [0.15, 0.2) is 5.82 Å². The van der Waals surface area contributed by atoms with Crippen molar-refractivity contribution >= 4 is 33.3 Å². The van der Waals surface area contributed by atoms with Crippen molar-refractivity contribution in [3.8, 4) is 28.8 Å². The molecule has 1 aromatic heterocycles. The largest absolute Gasteiger partial charge is 0.508 e. The number of amides is 1. The van der Waals surface area contributed by atoms with Gasteiger partial charge in [-0.2, -0.15) is 5.26 Å². The number of aromatic nitrogens is 1. The number of nitrogens with zero attached hydrogens (tertiary/aromatic N) is 4. The van der Waals surface area contributed by atoms with E-state index in [0.717, 1.165) is 54.3 Å². The number of halogens is 1. The Balaban J connectivity index is 1.52. The number of likely N-dealkylation sites (N-methyl/N-ethyl adjacent to an activating group) is 2. The third kappa shape index (κ3) is 4.79. The summed E-state index contributed by atoms with van der Waals surface area (Å²) in [5.41, 5.74) is 2.33. The lowest BCUT2D eigenvalue weighted by Crippen LogP contribution is -2.49. The number of nitriles is 1. The summed E-state index contributed by atoms with van der Waals surface area (Å²) in [6.45, 7) is 2.66. The standard InChI is InChI=1S/C36H38FN5O3/c1-41-16-7-11-24(41)20-45-34-33-30(36(35(44)42(33)2)13-8-15-39-21-36)28-18-23(10-5-6-14-38)29(31(37)32(28)40-34)27-19-25(43)17-22-9-3-4-12-26(22)27/h3-4,9,12,17-19,24,39,43H,5-8,10-11,13,15-16,20-21H2,1-2H3/t24-,36?/m0/s1. The van der Waals surface area contributed by atoms with Crippen LogP contribution < -0.4 is 15.0 Å². The van der Waals surface area contributed by atoms with E-state index in [9.17, 15) is 15.2 Å².